The fourth-order valence-corrected chi connectivity index (χ4v) is 1.90. The number of furan rings is 1. The van der Waals surface area contributed by atoms with Crippen molar-refractivity contribution >= 4 is 17.9 Å². The number of amides is 3. The number of imide groups is 1. The molecule has 0 bridgehead atoms. The zero-order valence-corrected chi connectivity index (χ0v) is 13.3. The van der Waals surface area contributed by atoms with Gasteiger partial charge in [0.25, 0.3) is 5.91 Å². The number of nitrogens with one attached hydrogen (secondary N) is 2. The van der Waals surface area contributed by atoms with Gasteiger partial charge in [-0.05, 0) is 36.2 Å². The van der Waals surface area contributed by atoms with E-state index < -0.39 is 24.5 Å². The summed E-state index contributed by atoms with van der Waals surface area (Å²) in [7, 11) is 0. The van der Waals surface area contributed by atoms with Crippen LogP contribution in [0, 0.1) is 5.82 Å². The average Bonchev–Trinajstić information content (AvgIpc) is 3.11. The maximum absolute atomic E-state index is 12.8. The standard InChI is InChI=1S/C17H17FN2O5/c18-13-6-3-12(4-7-13)5-8-16(22)25-11-15(21)20-17(23)19-10-14-2-1-9-24-14/h1-4,6-7,9H,5,8,10-11H2,(H2,19,20,21,23). The summed E-state index contributed by atoms with van der Waals surface area (Å²) in [6, 6.07) is 8.36. The van der Waals surface area contributed by atoms with E-state index >= 15 is 0 Å². The molecule has 1 heterocycles. The van der Waals surface area contributed by atoms with Crippen molar-refractivity contribution in [3.63, 3.8) is 0 Å². The van der Waals surface area contributed by atoms with Gasteiger partial charge in [0.05, 0.1) is 12.8 Å². The maximum Gasteiger partial charge on any atom is 0.321 e. The molecule has 0 aliphatic heterocycles. The molecular formula is C17H17FN2O5. The van der Waals surface area contributed by atoms with Gasteiger partial charge in [0.1, 0.15) is 11.6 Å². The second-order valence-electron chi connectivity index (χ2n) is 5.10. The van der Waals surface area contributed by atoms with Crippen LogP contribution in [0.3, 0.4) is 0 Å². The van der Waals surface area contributed by atoms with E-state index in [0.29, 0.717) is 12.2 Å². The third-order valence-corrected chi connectivity index (χ3v) is 3.15. The molecule has 25 heavy (non-hydrogen) atoms. The molecule has 0 aliphatic carbocycles. The van der Waals surface area contributed by atoms with Gasteiger partial charge < -0.3 is 14.5 Å². The van der Waals surface area contributed by atoms with Crippen LogP contribution in [-0.4, -0.2) is 24.5 Å². The lowest BCUT2D eigenvalue weighted by Gasteiger charge is -2.07. The molecule has 132 valence electrons. The van der Waals surface area contributed by atoms with Crippen LogP contribution in [0.2, 0.25) is 0 Å². The number of urea groups is 1. The van der Waals surface area contributed by atoms with Gasteiger partial charge >= 0.3 is 12.0 Å². The first-order valence-corrected chi connectivity index (χ1v) is 7.53. The largest absolute Gasteiger partial charge is 0.467 e. The molecule has 0 radical (unpaired) electrons. The molecular weight excluding hydrogens is 331 g/mol. The highest BCUT2D eigenvalue weighted by Crippen LogP contribution is 2.06. The van der Waals surface area contributed by atoms with Gasteiger partial charge in [-0.2, -0.15) is 0 Å². The van der Waals surface area contributed by atoms with Crippen LogP contribution >= 0.6 is 0 Å². The molecule has 3 amide bonds. The van der Waals surface area contributed by atoms with Crippen LogP contribution in [0.1, 0.15) is 17.7 Å². The van der Waals surface area contributed by atoms with Crippen molar-refractivity contribution < 1.29 is 27.9 Å². The van der Waals surface area contributed by atoms with Crippen molar-refractivity contribution in [2.24, 2.45) is 0 Å². The van der Waals surface area contributed by atoms with Gasteiger partial charge in [0.15, 0.2) is 6.61 Å². The van der Waals surface area contributed by atoms with E-state index in [1.807, 2.05) is 5.32 Å². The summed E-state index contributed by atoms with van der Waals surface area (Å²) in [6.45, 7) is -0.431. The fourth-order valence-electron chi connectivity index (χ4n) is 1.90. The van der Waals surface area contributed by atoms with Gasteiger partial charge in [-0.3, -0.25) is 14.9 Å². The average molecular weight is 348 g/mol. The number of benzene rings is 1. The topological polar surface area (TPSA) is 97.6 Å². The molecule has 8 heteroatoms. The van der Waals surface area contributed by atoms with Gasteiger partial charge in [-0.1, -0.05) is 12.1 Å². The van der Waals surface area contributed by atoms with Crippen LogP contribution in [-0.2, 0) is 27.3 Å². The molecule has 1 aromatic carbocycles. The number of ether oxygens (including phenoxy) is 1. The highest BCUT2D eigenvalue weighted by molar-refractivity contribution is 5.95. The van der Waals surface area contributed by atoms with E-state index in [9.17, 15) is 18.8 Å². The van der Waals surface area contributed by atoms with E-state index in [-0.39, 0.29) is 18.8 Å². The van der Waals surface area contributed by atoms with Crippen molar-refractivity contribution in [1.29, 1.82) is 0 Å². The molecule has 0 saturated heterocycles. The lowest BCUT2D eigenvalue weighted by Crippen LogP contribution is -2.41. The van der Waals surface area contributed by atoms with Crippen molar-refractivity contribution in [3.8, 4) is 0 Å². The van der Waals surface area contributed by atoms with Crippen LogP contribution in [0.4, 0.5) is 9.18 Å². The maximum atomic E-state index is 12.8. The number of aryl methyl sites for hydroxylation is 1. The number of hydrogen-bond acceptors (Lipinski definition) is 5. The summed E-state index contributed by atoms with van der Waals surface area (Å²) in [5.74, 6) is -1.15. The fraction of sp³-hybridized carbons (Fsp3) is 0.235. The first kappa shape index (κ1) is 18.2. The minimum absolute atomic E-state index is 0.0452. The van der Waals surface area contributed by atoms with Gasteiger partial charge in [0, 0.05) is 6.42 Å². The first-order chi connectivity index (χ1) is 12.0. The molecule has 2 N–H and O–H groups in total. The summed E-state index contributed by atoms with van der Waals surface area (Å²) < 4.78 is 22.6. The Morgan fingerprint density at radius 3 is 2.56 bits per heavy atom. The molecule has 7 nitrogen and oxygen atoms in total. The highest BCUT2D eigenvalue weighted by atomic mass is 19.1. The van der Waals surface area contributed by atoms with Crippen LogP contribution in [0.5, 0.6) is 0 Å². The Bertz CT molecular complexity index is 713. The van der Waals surface area contributed by atoms with Gasteiger partial charge in [0.2, 0.25) is 0 Å². The zero-order valence-electron chi connectivity index (χ0n) is 13.3. The number of halogens is 1. The molecule has 0 spiro atoms. The number of carbonyl (C=O) groups is 3. The molecule has 0 saturated carbocycles. The molecule has 2 aromatic rings. The SMILES string of the molecule is O=C(COC(=O)CCc1ccc(F)cc1)NC(=O)NCc1ccco1. The Morgan fingerprint density at radius 2 is 1.88 bits per heavy atom. The molecule has 0 fully saturated rings. The Balaban J connectivity index is 1.60. The van der Waals surface area contributed by atoms with Crippen molar-refractivity contribution in [1.82, 2.24) is 10.6 Å². The van der Waals surface area contributed by atoms with Crippen molar-refractivity contribution in [2.75, 3.05) is 6.61 Å². The first-order valence-electron chi connectivity index (χ1n) is 7.53. The zero-order chi connectivity index (χ0) is 18.1. The molecule has 0 aliphatic rings. The number of carbonyl (C=O) groups excluding carboxylic acids is 3. The van der Waals surface area contributed by atoms with E-state index in [1.54, 1.807) is 24.3 Å². The third-order valence-electron chi connectivity index (χ3n) is 3.15. The number of hydrogen-bond donors (Lipinski definition) is 2. The van der Waals surface area contributed by atoms with Gasteiger partial charge in [-0.25, -0.2) is 9.18 Å². The predicted octanol–water partition coefficient (Wildman–Crippen LogP) is 1.92. The summed E-state index contributed by atoms with van der Waals surface area (Å²) in [4.78, 5) is 34.6. The Kier molecular flexibility index (Phi) is 6.70. The van der Waals surface area contributed by atoms with Crippen LogP contribution < -0.4 is 10.6 Å². The van der Waals surface area contributed by atoms with Crippen LogP contribution in [0.15, 0.2) is 47.1 Å². The quantitative estimate of drug-likeness (QED) is 0.745. The van der Waals surface area contributed by atoms with Crippen LogP contribution in [0.25, 0.3) is 0 Å². The smallest absolute Gasteiger partial charge is 0.321 e. The molecule has 0 atom stereocenters. The van der Waals surface area contributed by atoms with E-state index in [2.05, 4.69) is 5.32 Å². The second kappa shape index (κ2) is 9.21. The van der Waals surface area contributed by atoms with Gasteiger partial charge in [-0.15, -0.1) is 0 Å². The van der Waals surface area contributed by atoms with Crippen molar-refractivity contribution in [3.05, 3.63) is 59.8 Å². The van der Waals surface area contributed by atoms with E-state index in [4.69, 9.17) is 9.15 Å². The second-order valence-corrected chi connectivity index (χ2v) is 5.10. The lowest BCUT2D eigenvalue weighted by atomic mass is 10.1. The predicted molar refractivity (Wildman–Crippen MR) is 84.8 cm³/mol. The summed E-state index contributed by atoms with van der Waals surface area (Å²) in [5, 5.41) is 4.45. The highest BCUT2D eigenvalue weighted by Gasteiger charge is 2.11. The molecule has 2 rings (SSSR count). The summed E-state index contributed by atoms with van der Waals surface area (Å²) in [5.41, 5.74) is 0.778. The molecule has 1 aromatic heterocycles. The number of rotatable bonds is 7. The third kappa shape index (κ3) is 6.86. The summed E-state index contributed by atoms with van der Waals surface area (Å²) >= 11 is 0. The summed E-state index contributed by atoms with van der Waals surface area (Å²) in [6.07, 6.45) is 1.87. The minimum atomic E-state index is -0.743. The normalized spacial score (nSPS) is 10.1. The Labute approximate surface area is 143 Å². The Hall–Kier alpha value is -3.16. The Morgan fingerprint density at radius 1 is 1.12 bits per heavy atom. The van der Waals surface area contributed by atoms with Crippen molar-refractivity contribution in [2.45, 2.75) is 19.4 Å². The minimum Gasteiger partial charge on any atom is -0.467 e. The van der Waals surface area contributed by atoms with E-state index in [1.165, 1.54) is 18.4 Å². The molecule has 0 unspecified atom stereocenters. The monoisotopic (exact) mass is 348 g/mol. The lowest BCUT2D eigenvalue weighted by molar-refractivity contribution is -0.148. The van der Waals surface area contributed by atoms with E-state index in [0.717, 1.165) is 5.56 Å². The number of esters is 1.